The zero-order chi connectivity index (χ0) is 20.2. The molecule has 2 aliphatic rings. The number of aryl methyl sites for hydroxylation is 1. The van der Waals surface area contributed by atoms with E-state index in [4.69, 9.17) is 5.10 Å². The Hall–Kier alpha value is -2.59. The van der Waals surface area contributed by atoms with Crippen LogP contribution in [0.3, 0.4) is 0 Å². The normalized spacial score (nSPS) is 18.5. The molecule has 3 aromatic rings. The molecule has 0 bridgehead atoms. The molecule has 2 fully saturated rings. The van der Waals surface area contributed by atoms with E-state index in [2.05, 4.69) is 15.1 Å². The SMILES string of the molecule is Cc1cc(S(=O)(=O)N2CCN(c3ccc4nnc(C5CC5)n4n3)CC2)ccc1F. The molecule has 0 amide bonds. The van der Waals surface area contributed by atoms with Gasteiger partial charge in [-0.05, 0) is 55.7 Å². The van der Waals surface area contributed by atoms with Gasteiger partial charge in [0.1, 0.15) is 11.6 Å². The first kappa shape index (κ1) is 18.4. The van der Waals surface area contributed by atoms with E-state index in [0.717, 1.165) is 30.1 Å². The Morgan fingerprint density at radius 1 is 1.03 bits per heavy atom. The van der Waals surface area contributed by atoms with Gasteiger partial charge in [0.05, 0.1) is 4.90 Å². The fourth-order valence-electron chi connectivity index (χ4n) is 3.64. The van der Waals surface area contributed by atoms with Gasteiger partial charge in [0.25, 0.3) is 0 Å². The van der Waals surface area contributed by atoms with Crippen molar-refractivity contribution in [2.75, 3.05) is 31.1 Å². The van der Waals surface area contributed by atoms with Gasteiger partial charge in [0.15, 0.2) is 11.5 Å². The van der Waals surface area contributed by atoms with Crippen LogP contribution in [0, 0.1) is 12.7 Å². The molecule has 8 nitrogen and oxygen atoms in total. The highest BCUT2D eigenvalue weighted by molar-refractivity contribution is 7.89. The van der Waals surface area contributed by atoms with Crippen LogP contribution in [-0.4, -0.2) is 58.7 Å². The molecule has 2 aromatic heterocycles. The molecule has 0 atom stereocenters. The molecule has 0 unspecified atom stereocenters. The summed E-state index contributed by atoms with van der Waals surface area (Å²) in [5.74, 6) is 1.72. The van der Waals surface area contributed by atoms with E-state index in [9.17, 15) is 12.8 Å². The van der Waals surface area contributed by atoms with Gasteiger partial charge in [0.2, 0.25) is 10.0 Å². The van der Waals surface area contributed by atoms with E-state index in [1.807, 2.05) is 12.1 Å². The van der Waals surface area contributed by atoms with Gasteiger partial charge in [0, 0.05) is 32.1 Å². The number of fused-ring (bicyclic) bond motifs is 1. The minimum atomic E-state index is -3.65. The van der Waals surface area contributed by atoms with Crippen LogP contribution in [-0.2, 0) is 10.0 Å². The summed E-state index contributed by atoms with van der Waals surface area (Å²) in [6, 6.07) is 7.71. The molecular formula is C19H21FN6O2S. The first-order chi connectivity index (χ1) is 13.9. The molecule has 152 valence electrons. The molecule has 29 heavy (non-hydrogen) atoms. The number of anilines is 1. The van der Waals surface area contributed by atoms with Crippen molar-refractivity contribution >= 4 is 21.5 Å². The lowest BCUT2D eigenvalue weighted by Crippen LogP contribution is -2.49. The molecular weight excluding hydrogens is 395 g/mol. The summed E-state index contributed by atoms with van der Waals surface area (Å²) < 4.78 is 42.6. The Labute approximate surface area is 168 Å². The van der Waals surface area contributed by atoms with Gasteiger partial charge >= 0.3 is 0 Å². The minimum Gasteiger partial charge on any atom is -0.353 e. The van der Waals surface area contributed by atoms with Crippen LogP contribution in [0.4, 0.5) is 10.2 Å². The van der Waals surface area contributed by atoms with Crippen LogP contribution in [0.15, 0.2) is 35.2 Å². The average molecular weight is 416 g/mol. The standard InChI is InChI=1S/C19H21FN6O2S/c1-13-12-15(4-5-16(13)20)29(27,28)25-10-8-24(9-11-25)18-7-6-17-21-22-19(14-2-3-14)26(17)23-18/h4-7,12,14H,2-3,8-11H2,1H3. The fraction of sp³-hybridized carbons (Fsp3) is 0.421. The van der Waals surface area contributed by atoms with E-state index < -0.39 is 15.8 Å². The number of benzene rings is 1. The first-order valence-electron chi connectivity index (χ1n) is 9.67. The number of hydrogen-bond donors (Lipinski definition) is 0. The average Bonchev–Trinajstić information content (AvgIpc) is 3.48. The number of sulfonamides is 1. The number of hydrogen-bond acceptors (Lipinski definition) is 6. The predicted octanol–water partition coefficient (Wildman–Crippen LogP) is 1.96. The van der Waals surface area contributed by atoms with E-state index in [1.54, 1.807) is 11.4 Å². The van der Waals surface area contributed by atoms with Crippen LogP contribution in [0.1, 0.15) is 30.1 Å². The fourth-order valence-corrected chi connectivity index (χ4v) is 5.15. The number of piperazine rings is 1. The van der Waals surface area contributed by atoms with E-state index in [1.165, 1.54) is 22.5 Å². The molecule has 1 aliphatic carbocycles. The maximum Gasteiger partial charge on any atom is 0.243 e. The second kappa shape index (κ2) is 6.74. The van der Waals surface area contributed by atoms with Gasteiger partial charge in [-0.1, -0.05) is 0 Å². The summed E-state index contributed by atoms with van der Waals surface area (Å²) >= 11 is 0. The van der Waals surface area contributed by atoms with Crippen molar-refractivity contribution in [1.82, 2.24) is 24.1 Å². The molecule has 3 heterocycles. The monoisotopic (exact) mass is 416 g/mol. The summed E-state index contributed by atoms with van der Waals surface area (Å²) in [6.07, 6.45) is 2.23. The smallest absolute Gasteiger partial charge is 0.243 e. The first-order valence-corrected chi connectivity index (χ1v) is 11.1. The minimum absolute atomic E-state index is 0.128. The topological polar surface area (TPSA) is 83.7 Å². The highest BCUT2D eigenvalue weighted by Gasteiger charge is 2.31. The van der Waals surface area contributed by atoms with Crippen molar-refractivity contribution in [3.63, 3.8) is 0 Å². The number of halogens is 1. The zero-order valence-electron chi connectivity index (χ0n) is 16.0. The van der Waals surface area contributed by atoms with Gasteiger partial charge < -0.3 is 4.90 Å². The van der Waals surface area contributed by atoms with Crippen LogP contribution in [0.2, 0.25) is 0 Å². The summed E-state index contributed by atoms with van der Waals surface area (Å²) in [6.45, 7) is 3.30. The second-order valence-electron chi connectivity index (χ2n) is 7.60. The molecule has 1 saturated heterocycles. The quantitative estimate of drug-likeness (QED) is 0.647. The summed E-state index contributed by atoms with van der Waals surface area (Å²) in [5.41, 5.74) is 1.05. The highest BCUT2D eigenvalue weighted by atomic mass is 32.2. The molecule has 1 aliphatic heterocycles. The molecule has 0 N–H and O–H groups in total. The lowest BCUT2D eigenvalue weighted by Gasteiger charge is -2.34. The summed E-state index contributed by atoms with van der Waals surface area (Å²) in [7, 11) is -3.65. The predicted molar refractivity (Wildman–Crippen MR) is 105 cm³/mol. The van der Waals surface area contributed by atoms with Crippen molar-refractivity contribution in [1.29, 1.82) is 0 Å². The van der Waals surface area contributed by atoms with E-state index in [-0.39, 0.29) is 4.90 Å². The summed E-state index contributed by atoms with van der Waals surface area (Å²) in [5, 5.41) is 13.1. The Bertz CT molecular complexity index is 1180. The third-order valence-corrected chi connectivity index (χ3v) is 7.44. The van der Waals surface area contributed by atoms with Gasteiger partial charge in [-0.3, -0.25) is 0 Å². The Kier molecular flexibility index (Phi) is 4.28. The largest absolute Gasteiger partial charge is 0.353 e. The Morgan fingerprint density at radius 3 is 2.48 bits per heavy atom. The number of aromatic nitrogens is 4. The Balaban J connectivity index is 1.34. The summed E-state index contributed by atoms with van der Waals surface area (Å²) in [4.78, 5) is 2.20. The third-order valence-electron chi connectivity index (χ3n) is 5.55. The molecule has 0 radical (unpaired) electrons. The number of nitrogens with zero attached hydrogens (tertiary/aromatic N) is 6. The van der Waals surface area contributed by atoms with Gasteiger partial charge in [-0.25, -0.2) is 12.8 Å². The molecule has 1 aromatic carbocycles. The molecule has 5 rings (SSSR count). The van der Waals surface area contributed by atoms with Crippen LogP contribution in [0.5, 0.6) is 0 Å². The van der Waals surface area contributed by atoms with Crippen LogP contribution in [0.25, 0.3) is 5.65 Å². The zero-order valence-corrected chi connectivity index (χ0v) is 16.8. The maximum absolute atomic E-state index is 13.5. The van der Waals surface area contributed by atoms with Crippen molar-refractivity contribution in [2.45, 2.75) is 30.6 Å². The molecule has 0 spiro atoms. The third kappa shape index (κ3) is 3.25. The molecule has 1 saturated carbocycles. The van der Waals surface area contributed by atoms with E-state index >= 15 is 0 Å². The molecule has 10 heteroatoms. The van der Waals surface area contributed by atoms with E-state index in [0.29, 0.717) is 37.7 Å². The van der Waals surface area contributed by atoms with Crippen molar-refractivity contribution in [3.05, 3.63) is 47.5 Å². The maximum atomic E-state index is 13.5. The van der Waals surface area contributed by atoms with Crippen molar-refractivity contribution in [3.8, 4) is 0 Å². The second-order valence-corrected chi connectivity index (χ2v) is 9.53. The Morgan fingerprint density at radius 2 is 1.79 bits per heavy atom. The van der Waals surface area contributed by atoms with Crippen molar-refractivity contribution in [2.24, 2.45) is 0 Å². The van der Waals surface area contributed by atoms with Gasteiger partial charge in [-0.2, -0.15) is 8.82 Å². The van der Waals surface area contributed by atoms with Crippen LogP contribution >= 0.6 is 0 Å². The van der Waals surface area contributed by atoms with Crippen LogP contribution < -0.4 is 4.90 Å². The highest BCUT2D eigenvalue weighted by Crippen LogP contribution is 2.38. The lowest BCUT2D eigenvalue weighted by atomic mass is 10.2. The van der Waals surface area contributed by atoms with Gasteiger partial charge in [-0.15, -0.1) is 15.3 Å². The number of rotatable bonds is 4. The van der Waals surface area contributed by atoms with Crippen molar-refractivity contribution < 1.29 is 12.8 Å². The lowest BCUT2D eigenvalue weighted by molar-refractivity contribution is 0.383.